The van der Waals surface area contributed by atoms with Crippen molar-refractivity contribution in [2.75, 3.05) is 0 Å². The summed E-state index contributed by atoms with van der Waals surface area (Å²) in [6.07, 6.45) is 0. The predicted molar refractivity (Wildman–Crippen MR) is 231 cm³/mol. The molecule has 3 heteroatoms. The molecule has 0 bridgehead atoms. The third-order valence-corrected chi connectivity index (χ3v) is 11.0. The number of aromatic nitrogens is 3. The topological polar surface area (TPSA) is 30.7 Å². The molecule has 0 spiro atoms. The molecule has 2 heterocycles. The van der Waals surface area contributed by atoms with Gasteiger partial charge in [-0.3, -0.25) is 0 Å². The number of fused-ring (bicyclic) bond motifs is 7. The quantitative estimate of drug-likeness (QED) is 0.132. The molecule has 0 atom stereocenters. The van der Waals surface area contributed by atoms with Crippen molar-refractivity contribution in [2.45, 2.75) is 0 Å². The smallest absolute Gasteiger partial charge is 0.160 e. The van der Waals surface area contributed by atoms with Gasteiger partial charge in [-0.25, -0.2) is 9.97 Å². The van der Waals surface area contributed by atoms with Crippen molar-refractivity contribution in [3.8, 4) is 50.7 Å². The van der Waals surface area contributed by atoms with Gasteiger partial charge >= 0.3 is 0 Å². The van der Waals surface area contributed by atoms with Gasteiger partial charge in [0.25, 0.3) is 0 Å². The molecule has 0 aliphatic carbocycles. The predicted octanol–water partition coefficient (Wildman–Crippen LogP) is 13.7. The Morgan fingerprint density at radius 1 is 0.327 bits per heavy atom. The highest BCUT2D eigenvalue weighted by Gasteiger charge is 2.19. The molecular weight excluding hydrogens is 667 g/mol. The molecule has 0 saturated heterocycles. The van der Waals surface area contributed by atoms with Crippen molar-refractivity contribution in [3.63, 3.8) is 0 Å². The van der Waals surface area contributed by atoms with Crippen LogP contribution in [-0.2, 0) is 0 Å². The van der Waals surface area contributed by atoms with Crippen LogP contribution in [0.15, 0.2) is 200 Å². The normalized spacial score (nSPS) is 11.6. The van der Waals surface area contributed by atoms with Crippen LogP contribution in [0.5, 0.6) is 0 Å². The van der Waals surface area contributed by atoms with Crippen molar-refractivity contribution in [1.82, 2.24) is 14.5 Å². The van der Waals surface area contributed by atoms with Crippen molar-refractivity contribution in [2.24, 2.45) is 0 Å². The second-order valence-electron chi connectivity index (χ2n) is 14.1. The maximum atomic E-state index is 5.38. The van der Waals surface area contributed by atoms with E-state index in [-0.39, 0.29) is 0 Å². The maximum Gasteiger partial charge on any atom is 0.160 e. The number of hydrogen-bond acceptors (Lipinski definition) is 2. The Hall–Kier alpha value is -7.36. The molecule has 3 nitrogen and oxygen atoms in total. The fourth-order valence-electron chi connectivity index (χ4n) is 8.48. The summed E-state index contributed by atoms with van der Waals surface area (Å²) in [7, 11) is 0. The maximum absolute atomic E-state index is 5.38. The summed E-state index contributed by atoms with van der Waals surface area (Å²) in [4.78, 5) is 10.7. The van der Waals surface area contributed by atoms with E-state index in [1.165, 1.54) is 54.1 Å². The van der Waals surface area contributed by atoms with E-state index in [4.69, 9.17) is 9.97 Å². The van der Waals surface area contributed by atoms with Gasteiger partial charge in [0.15, 0.2) is 5.82 Å². The van der Waals surface area contributed by atoms with E-state index >= 15 is 0 Å². The van der Waals surface area contributed by atoms with Crippen LogP contribution in [0, 0.1) is 0 Å². The summed E-state index contributed by atoms with van der Waals surface area (Å²) in [6.45, 7) is 0. The highest BCUT2D eigenvalue weighted by Crippen LogP contribution is 2.42. The SMILES string of the molecule is c1ccc(-c2nc(-c3ccccc3-c3ccc4c5ccccc5n(-c5ccccc5)c4c3)cc(-c3c4ccccc4cc4c3ccc3ccccc34)n2)cc1. The summed E-state index contributed by atoms with van der Waals surface area (Å²) in [5, 5.41) is 9.67. The van der Waals surface area contributed by atoms with Crippen LogP contribution in [0.2, 0.25) is 0 Å². The molecule has 11 aromatic rings. The lowest BCUT2D eigenvalue weighted by atomic mass is 9.91. The van der Waals surface area contributed by atoms with Gasteiger partial charge in [-0.2, -0.15) is 0 Å². The van der Waals surface area contributed by atoms with E-state index in [1.54, 1.807) is 0 Å². The number of hydrogen-bond donors (Lipinski definition) is 0. The van der Waals surface area contributed by atoms with Gasteiger partial charge in [0.05, 0.1) is 22.4 Å². The molecule has 0 unspecified atom stereocenters. The number of rotatable bonds is 5. The summed E-state index contributed by atoms with van der Waals surface area (Å²) in [5.74, 6) is 0.699. The van der Waals surface area contributed by atoms with Gasteiger partial charge in [0, 0.05) is 33.2 Å². The van der Waals surface area contributed by atoms with E-state index < -0.39 is 0 Å². The van der Waals surface area contributed by atoms with Gasteiger partial charge in [0.2, 0.25) is 0 Å². The highest BCUT2D eigenvalue weighted by atomic mass is 15.0. The van der Waals surface area contributed by atoms with Gasteiger partial charge in [-0.1, -0.05) is 164 Å². The minimum Gasteiger partial charge on any atom is -0.309 e. The third kappa shape index (κ3) is 5.13. The Morgan fingerprint density at radius 2 is 0.945 bits per heavy atom. The number of benzene rings is 9. The first-order valence-electron chi connectivity index (χ1n) is 18.7. The average molecular weight is 700 g/mol. The molecule has 0 aliphatic heterocycles. The van der Waals surface area contributed by atoms with Crippen molar-refractivity contribution in [1.29, 1.82) is 0 Å². The first-order chi connectivity index (χ1) is 27.3. The standard InChI is InChI=1S/C52H33N3/c1-3-16-35(17-4-1)52-53-47(33-48(54-52)51-41-23-10-8-18-36(41)31-46-39-21-9-7-15-34(39)27-30-45(46)51)42-24-12-11-22-40(42)37-28-29-44-43-25-13-14-26-49(43)55(50(44)32-37)38-19-5-2-6-20-38/h1-33H. The zero-order chi connectivity index (χ0) is 36.3. The summed E-state index contributed by atoms with van der Waals surface area (Å²) in [6, 6.07) is 71.5. The zero-order valence-electron chi connectivity index (χ0n) is 29.9. The average Bonchev–Trinajstić information content (AvgIpc) is 3.59. The summed E-state index contributed by atoms with van der Waals surface area (Å²) >= 11 is 0. The molecule has 2 aromatic heterocycles. The lowest BCUT2D eigenvalue weighted by molar-refractivity contribution is 1.18. The second-order valence-corrected chi connectivity index (χ2v) is 14.1. The van der Waals surface area contributed by atoms with Crippen molar-refractivity contribution < 1.29 is 0 Å². The molecule has 0 radical (unpaired) electrons. The minimum absolute atomic E-state index is 0.699. The van der Waals surface area contributed by atoms with Crippen molar-refractivity contribution in [3.05, 3.63) is 200 Å². The van der Waals surface area contributed by atoms with E-state index in [9.17, 15) is 0 Å². The molecule has 256 valence electrons. The molecule has 0 fully saturated rings. The van der Waals surface area contributed by atoms with Gasteiger partial charge in [-0.05, 0) is 79.8 Å². The second kappa shape index (κ2) is 12.6. The molecule has 0 N–H and O–H groups in total. The van der Waals surface area contributed by atoms with Crippen LogP contribution in [0.3, 0.4) is 0 Å². The van der Waals surface area contributed by atoms with Crippen LogP contribution >= 0.6 is 0 Å². The molecule has 55 heavy (non-hydrogen) atoms. The highest BCUT2D eigenvalue weighted by molar-refractivity contribution is 6.20. The van der Waals surface area contributed by atoms with Gasteiger partial charge in [-0.15, -0.1) is 0 Å². The van der Waals surface area contributed by atoms with Gasteiger partial charge in [0.1, 0.15) is 0 Å². The number of nitrogens with zero attached hydrogens (tertiary/aromatic N) is 3. The molecule has 0 amide bonds. The monoisotopic (exact) mass is 699 g/mol. The molecule has 0 aliphatic rings. The van der Waals surface area contributed by atoms with Crippen LogP contribution in [0.25, 0.3) is 105 Å². The van der Waals surface area contributed by atoms with Crippen molar-refractivity contribution >= 4 is 54.1 Å². The zero-order valence-corrected chi connectivity index (χ0v) is 29.9. The van der Waals surface area contributed by atoms with Crippen LogP contribution in [0.4, 0.5) is 0 Å². The summed E-state index contributed by atoms with van der Waals surface area (Å²) in [5.41, 5.74) is 10.7. The Balaban J connectivity index is 1.18. The Bertz CT molecular complexity index is 3250. The fraction of sp³-hybridized carbons (Fsp3) is 0. The Labute approximate surface area is 318 Å². The van der Waals surface area contributed by atoms with Crippen LogP contribution in [0.1, 0.15) is 0 Å². The largest absolute Gasteiger partial charge is 0.309 e. The van der Waals surface area contributed by atoms with Gasteiger partial charge < -0.3 is 4.57 Å². The van der Waals surface area contributed by atoms with E-state index in [0.29, 0.717) is 5.82 Å². The molecule has 11 rings (SSSR count). The molecule has 9 aromatic carbocycles. The van der Waals surface area contributed by atoms with E-state index in [2.05, 4.69) is 199 Å². The first-order valence-corrected chi connectivity index (χ1v) is 18.7. The lowest BCUT2D eigenvalue weighted by Crippen LogP contribution is -1.98. The molecular formula is C52H33N3. The first kappa shape index (κ1) is 31.2. The van der Waals surface area contributed by atoms with Crippen LogP contribution in [-0.4, -0.2) is 14.5 Å². The molecule has 0 saturated carbocycles. The summed E-state index contributed by atoms with van der Waals surface area (Å²) < 4.78 is 2.38. The van der Waals surface area contributed by atoms with Crippen LogP contribution < -0.4 is 0 Å². The lowest BCUT2D eigenvalue weighted by Gasteiger charge is -2.16. The number of para-hydroxylation sites is 2. The fourth-order valence-corrected chi connectivity index (χ4v) is 8.48. The Morgan fingerprint density at radius 3 is 1.78 bits per heavy atom. The van der Waals surface area contributed by atoms with E-state index in [1.807, 2.05) is 6.07 Å². The third-order valence-electron chi connectivity index (χ3n) is 11.0. The Kier molecular flexibility index (Phi) is 7.17. The van der Waals surface area contributed by atoms with E-state index in [0.717, 1.165) is 44.9 Å². The minimum atomic E-state index is 0.699.